The Kier molecular flexibility index (Phi) is 8.60. The second-order valence-electron chi connectivity index (χ2n) is 2.36. The maximum absolute atomic E-state index is 10.6. The van der Waals surface area contributed by atoms with Crippen molar-refractivity contribution in [3.63, 3.8) is 0 Å². The number of carbonyl (C=O) groups is 3. The van der Waals surface area contributed by atoms with E-state index in [-0.39, 0.29) is 19.0 Å². The second-order valence-corrected chi connectivity index (χ2v) is 2.36. The lowest BCUT2D eigenvalue weighted by molar-refractivity contribution is -0.192. The van der Waals surface area contributed by atoms with Gasteiger partial charge in [-0.15, -0.1) is 0 Å². The molecule has 0 atom stereocenters. The normalized spacial score (nSPS) is 9.71. The lowest BCUT2D eigenvalue weighted by Crippen LogP contribution is -2.34. The summed E-state index contributed by atoms with van der Waals surface area (Å²) in [5, 5.41) is 9.37. The fourth-order valence-electron chi connectivity index (χ4n) is 0.315. The minimum absolute atomic E-state index is 0.114. The van der Waals surface area contributed by atoms with Gasteiger partial charge in [-0.3, -0.25) is 9.59 Å². The van der Waals surface area contributed by atoms with Crippen LogP contribution < -0.4 is 11.1 Å². The molecule has 0 aliphatic rings. The number of aliphatic carboxylic acids is 1. The van der Waals surface area contributed by atoms with Gasteiger partial charge >= 0.3 is 18.1 Å². The van der Waals surface area contributed by atoms with Crippen molar-refractivity contribution < 1.29 is 37.4 Å². The molecule has 0 aliphatic carbocycles. The van der Waals surface area contributed by atoms with E-state index in [2.05, 4.69) is 10.1 Å². The van der Waals surface area contributed by atoms with Crippen LogP contribution in [0.2, 0.25) is 0 Å². The maximum atomic E-state index is 10.6. The van der Waals surface area contributed by atoms with Gasteiger partial charge in [0, 0.05) is 0 Å². The highest BCUT2D eigenvalue weighted by atomic mass is 19.4. The molecule has 0 fully saturated rings. The van der Waals surface area contributed by atoms with Gasteiger partial charge in [-0.1, -0.05) is 0 Å². The predicted molar refractivity (Wildman–Crippen MR) is 47.8 cm³/mol. The van der Waals surface area contributed by atoms with E-state index in [1.165, 1.54) is 7.11 Å². The Balaban J connectivity index is 0. The molecule has 0 bridgehead atoms. The van der Waals surface area contributed by atoms with Crippen molar-refractivity contribution >= 4 is 17.8 Å². The Hall–Kier alpha value is -1.84. The van der Waals surface area contributed by atoms with Crippen LogP contribution >= 0.6 is 0 Å². The molecule has 0 rings (SSSR count). The summed E-state index contributed by atoms with van der Waals surface area (Å²) in [7, 11) is 1.25. The van der Waals surface area contributed by atoms with Gasteiger partial charge in [0.15, 0.2) is 0 Å². The van der Waals surface area contributed by atoms with Crippen LogP contribution in [-0.2, 0) is 19.1 Å². The Morgan fingerprint density at radius 2 is 1.76 bits per heavy atom. The fourth-order valence-corrected chi connectivity index (χ4v) is 0.315. The second kappa shape index (κ2) is 8.33. The van der Waals surface area contributed by atoms with Crippen molar-refractivity contribution in [1.29, 1.82) is 0 Å². The molecular weight excluding hydrogens is 249 g/mol. The first-order valence-electron chi connectivity index (χ1n) is 3.98. The van der Waals surface area contributed by atoms with Gasteiger partial charge < -0.3 is 20.9 Å². The van der Waals surface area contributed by atoms with Crippen LogP contribution in [0.4, 0.5) is 13.2 Å². The highest BCUT2D eigenvalue weighted by Crippen LogP contribution is 2.13. The minimum atomic E-state index is -5.08. The molecule has 1 amide bonds. The maximum Gasteiger partial charge on any atom is 0.490 e. The number of esters is 1. The smallest absolute Gasteiger partial charge is 0.475 e. The van der Waals surface area contributed by atoms with Crippen molar-refractivity contribution in [3.05, 3.63) is 0 Å². The van der Waals surface area contributed by atoms with E-state index in [1.807, 2.05) is 0 Å². The number of carboxylic acids is 1. The molecule has 0 aliphatic heterocycles. The van der Waals surface area contributed by atoms with Gasteiger partial charge in [-0.25, -0.2) is 4.79 Å². The summed E-state index contributed by atoms with van der Waals surface area (Å²) in [4.78, 5) is 29.6. The summed E-state index contributed by atoms with van der Waals surface area (Å²) < 4.78 is 36.0. The number of nitrogens with one attached hydrogen (secondary N) is 1. The van der Waals surface area contributed by atoms with Gasteiger partial charge in [-0.05, 0) is 0 Å². The molecule has 0 aromatic heterocycles. The molecular formula is C7H11F3N2O5. The third kappa shape index (κ3) is 12.1. The van der Waals surface area contributed by atoms with Crippen LogP contribution in [0.15, 0.2) is 0 Å². The highest BCUT2D eigenvalue weighted by molar-refractivity contribution is 5.82. The fraction of sp³-hybridized carbons (Fsp3) is 0.571. The zero-order valence-corrected chi connectivity index (χ0v) is 8.71. The first-order chi connectivity index (χ1) is 7.65. The molecule has 0 aromatic carbocycles. The number of alkyl halides is 3. The van der Waals surface area contributed by atoms with Gasteiger partial charge in [0.05, 0.1) is 13.7 Å². The molecule has 0 saturated carbocycles. The van der Waals surface area contributed by atoms with Gasteiger partial charge in [0.25, 0.3) is 0 Å². The van der Waals surface area contributed by atoms with Crippen LogP contribution in [0, 0.1) is 0 Å². The number of nitrogens with two attached hydrogens (primary N) is 1. The monoisotopic (exact) mass is 260 g/mol. The predicted octanol–water partition coefficient (Wildman–Crippen LogP) is -1.13. The third-order valence-corrected chi connectivity index (χ3v) is 1.09. The molecule has 0 heterocycles. The number of hydrogen-bond acceptors (Lipinski definition) is 5. The van der Waals surface area contributed by atoms with Crippen LogP contribution in [0.1, 0.15) is 0 Å². The number of hydrogen-bond donors (Lipinski definition) is 3. The van der Waals surface area contributed by atoms with E-state index >= 15 is 0 Å². The molecule has 0 spiro atoms. The summed E-state index contributed by atoms with van der Waals surface area (Å²) in [6.45, 7) is -0.233. The zero-order chi connectivity index (χ0) is 14.1. The molecule has 0 saturated heterocycles. The van der Waals surface area contributed by atoms with Gasteiger partial charge in [-0.2, -0.15) is 13.2 Å². The largest absolute Gasteiger partial charge is 0.490 e. The Morgan fingerprint density at radius 1 is 1.35 bits per heavy atom. The Labute approximate surface area is 93.7 Å². The number of carbonyl (C=O) groups excluding carboxylic acids is 2. The standard InChI is InChI=1S/C5H10N2O3.C2HF3O2/c1-10-5(9)3-7-4(8)2-6;3-2(4,5)1(6)7/h2-3,6H2,1H3,(H,7,8);(H,6,7). The average molecular weight is 260 g/mol. The van der Waals surface area contributed by atoms with Crippen molar-refractivity contribution in [2.45, 2.75) is 6.18 Å². The quantitative estimate of drug-likeness (QED) is 0.552. The van der Waals surface area contributed by atoms with E-state index < -0.39 is 18.1 Å². The Bertz CT molecular complexity index is 263. The van der Waals surface area contributed by atoms with Crippen molar-refractivity contribution in [2.24, 2.45) is 5.73 Å². The molecule has 0 radical (unpaired) electrons. The molecule has 4 N–H and O–H groups in total. The van der Waals surface area contributed by atoms with Crippen molar-refractivity contribution in [1.82, 2.24) is 5.32 Å². The Morgan fingerprint density at radius 3 is 2.00 bits per heavy atom. The van der Waals surface area contributed by atoms with Crippen molar-refractivity contribution in [3.8, 4) is 0 Å². The van der Waals surface area contributed by atoms with Gasteiger partial charge in [0.2, 0.25) is 5.91 Å². The molecule has 17 heavy (non-hydrogen) atoms. The highest BCUT2D eigenvalue weighted by Gasteiger charge is 2.38. The lowest BCUT2D eigenvalue weighted by atomic mass is 10.5. The average Bonchev–Trinajstić information content (AvgIpc) is 2.24. The topological polar surface area (TPSA) is 119 Å². The summed E-state index contributed by atoms with van der Waals surface area (Å²) in [6, 6.07) is 0. The summed E-state index contributed by atoms with van der Waals surface area (Å²) in [5.74, 6) is -3.61. The van der Waals surface area contributed by atoms with E-state index in [4.69, 9.17) is 15.6 Å². The minimum Gasteiger partial charge on any atom is -0.475 e. The number of methoxy groups -OCH3 is 1. The van der Waals surface area contributed by atoms with Gasteiger partial charge in [0.1, 0.15) is 6.54 Å². The molecule has 0 aromatic rings. The first kappa shape index (κ1) is 17.6. The summed E-state index contributed by atoms with van der Waals surface area (Å²) in [5.41, 5.74) is 4.94. The summed E-state index contributed by atoms with van der Waals surface area (Å²) >= 11 is 0. The van der Waals surface area contributed by atoms with Crippen LogP contribution in [-0.4, -0.2) is 49.3 Å². The molecule has 0 unspecified atom stereocenters. The SMILES string of the molecule is COC(=O)CNC(=O)CN.O=C(O)C(F)(F)F. The molecule has 10 heteroatoms. The zero-order valence-electron chi connectivity index (χ0n) is 8.71. The number of carboxylic acid groups (broad SMARTS) is 1. The van der Waals surface area contributed by atoms with E-state index in [9.17, 15) is 22.8 Å². The number of rotatable bonds is 3. The van der Waals surface area contributed by atoms with Crippen LogP contribution in [0.25, 0.3) is 0 Å². The molecule has 100 valence electrons. The van der Waals surface area contributed by atoms with E-state index in [0.29, 0.717) is 0 Å². The molecule has 7 nitrogen and oxygen atoms in total. The van der Waals surface area contributed by atoms with Crippen molar-refractivity contribution in [2.75, 3.05) is 20.2 Å². The van der Waals surface area contributed by atoms with Crippen LogP contribution in [0.5, 0.6) is 0 Å². The number of amides is 1. The first-order valence-corrected chi connectivity index (χ1v) is 3.98. The van der Waals surface area contributed by atoms with E-state index in [1.54, 1.807) is 0 Å². The lowest BCUT2D eigenvalue weighted by Gasteiger charge is -1.99. The summed E-state index contributed by atoms with van der Waals surface area (Å²) in [6.07, 6.45) is -5.08. The number of ether oxygens (including phenoxy) is 1. The third-order valence-electron chi connectivity index (χ3n) is 1.09. The van der Waals surface area contributed by atoms with E-state index in [0.717, 1.165) is 0 Å². The number of halogens is 3. The van der Waals surface area contributed by atoms with Crippen LogP contribution in [0.3, 0.4) is 0 Å².